The van der Waals surface area contributed by atoms with Crippen LogP contribution in [0, 0.1) is 13.8 Å². The van der Waals surface area contributed by atoms with Gasteiger partial charge in [0, 0.05) is 33.0 Å². The largest absolute Gasteiger partial charge is 0.456 e. The fraction of sp³-hybridized carbons (Fsp3) is 0.194. The zero-order chi connectivity index (χ0) is 23.6. The summed E-state index contributed by atoms with van der Waals surface area (Å²) in [5.41, 5.74) is 7.94. The van der Waals surface area contributed by atoms with E-state index in [2.05, 4.69) is 94.6 Å². The summed E-state index contributed by atoms with van der Waals surface area (Å²) in [7, 11) is 0. The molecular weight excluding hydrogens is 434 g/mol. The average molecular weight is 462 g/mol. The molecule has 0 saturated heterocycles. The maximum Gasteiger partial charge on any atom is 0.139 e. The number of hydrogen-bond donors (Lipinski definition) is 0. The Labute approximate surface area is 203 Å². The first-order chi connectivity index (χ1) is 16.3. The second-order valence-electron chi connectivity index (χ2n) is 10.2. The molecule has 3 aromatic carbocycles. The van der Waals surface area contributed by atoms with Crippen LogP contribution in [0.1, 0.15) is 37.5 Å². The molecule has 168 valence electrons. The van der Waals surface area contributed by atoms with Crippen molar-refractivity contribution in [3.63, 3.8) is 0 Å². The molecule has 0 N–H and O–H groups in total. The number of hydrogen-bond acceptors (Lipinski definition) is 3. The second kappa shape index (κ2) is 7.54. The van der Waals surface area contributed by atoms with E-state index < -0.39 is 0 Å². The van der Waals surface area contributed by atoms with Crippen molar-refractivity contribution in [3.8, 4) is 22.6 Å². The average Bonchev–Trinajstić information content (AvgIpc) is 3.37. The molecule has 0 bridgehead atoms. The number of furan rings is 1. The van der Waals surface area contributed by atoms with Crippen LogP contribution in [-0.2, 0) is 5.41 Å². The number of benzene rings is 3. The van der Waals surface area contributed by atoms with Gasteiger partial charge in [-0.2, -0.15) is 0 Å². The minimum Gasteiger partial charge on any atom is -0.456 e. The maximum atomic E-state index is 6.53. The highest BCUT2D eigenvalue weighted by Crippen LogP contribution is 2.43. The molecular formula is C31H27NOS. The van der Waals surface area contributed by atoms with Crippen molar-refractivity contribution in [2.24, 2.45) is 0 Å². The summed E-state index contributed by atoms with van der Waals surface area (Å²) in [5, 5.41) is 7.14. The second-order valence-corrected chi connectivity index (χ2v) is 11.1. The van der Waals surface area contributed by atoms with Gasteiger partial charge in [0.1, 0.15) is 11.3 Å². The summed E-state index contributed by atoms with van der Waals surface area (Å²) in [5.74, 6) is 0.938. The maximum absolute atomic E-state index is 6.53. The van der Waals surface area contributed by atoms with Crippen LogP contribution in [0.5, 0.6) is 0 Å². The zero-order valence-electron chi connectivity index (χ0n) is 20.2. The number of aryl methyl sites for hydroxylation is 2. The van der Waals surface area contributed by atoms with Gasteiger partial charge >= 0.3 is 0 Å². The monoisotopic (exact) mass is 461 g/mol. The highest BCUT2D eigenvalue weighted by molar-refractivity contribution is 7.17. The first kappa shape index (κ1) is 21.1. The van der Waals surface area contributed by atoms with Crippen molar-refractivity contribution in [2.45, 2.75) is 40.0 Å². The van der Waals surface area contributed by atoms with Crippen LogP contribution in [0.3, 0.4) is 0 Å². The molecule has 2 nitrogen and oxygen atoms in total. The van der Waals surface area contributed by atoms with Crippen LogP contribution in [0.2, 0.25) is 0 Å². The van der Waals surface area contributed by atoms with E-state index in [9.17, 15) is 0 Å². The fourth-order valence-corrected chi connectivity index (χ4v) is 6.14. The predicted octanol–water partition coefficient (Wildman–Crippen LogP) is 9.44. The van der Waals surface area contributed by atoms with E-state index in [4.69, 9.17) is 9.40 Å². The molecule has 0 aliphatic rings. The number of pyridine rings is 1. The molecule has 3 heteroatoms. The van der Waals surface area contributed by atoms with Crippen LogP contribution in [0.25, 0.3) is 54.4 Å². The third kappa shape index (κ3) is 3.19. The lowest BCUT2D eigenvalue weighted by molar-refractivity contribution is 0.596. The van der Waals surface area contributed by atoms with Crippen LogP contribution in [0.4, 0.5) is 0 Å². The Kier molecular flexibility index (Phi) is 4.69. The van der Waals surface area contributed by atoms with Crippen LogP contribution in [0.15, 0.2) is 76.7 Å². The van der Waals surface area contributed by atoms with E-state index in [1.54, 1.807) is 11.3 Å². The SMILES string of the molecule is Cc1c(-c2cccc3scc(C)c23)oc2ccnc(-c3cc(C(C)(C)C)c4ccccc4c3)c12. The Hall–Kier alpha value is -3.43. The van der Waals surface area contributed by atoms with Crippen molar-refractivity contribution >= 4 is 43.2 Å². The van der Waals surface area contributed by atoms with Gasteiger partial charge in [0.25, 0.3) is 0 Å². The quantitative estimate of drug-likeness (QED) is 0.257. The minimum atomic E-state index is 0.0201. The number of fused-ring (bicyclic) bond motifs is 3. The molecule has 0 aliphatic carbocycles. The Balaban J connectivity index is 1.64. The summed E-state index contributed by atoms with van der Waals surface area (Å²) in [6, 6.07) is 21.7. The van der Waals surface area contributed by atoms with Crippen molar-refractivity contribution in [1.29, 1.82) is 0 Å². The highest BCUT2D eigenvalue weighted by Gasteiger charge is 2.22. The van der Waals surface area contributed by atoms with Crippen LogP contribution >= 0.6 is 11.3 Å². The van der Waals surface area contributed by atoms with Gasteiger partial charge < -0.3 is 4.42 Å². The topological polar surface area (TPSA) is 26.0 Å². The fourth-order valence-electron chi connectivity index (χ4n) is 5.17. The van der Waals surface area contributed by atoms with Crippen molar-refractivity contribution in [1.82, 2.24) is 4.98 Å². The third-order valence-corrected chi connectivity index (χ3v) is 7.88. The summed E-state index contributed by atoms with van der Waals surface area (Å²) in [6.45, 7) is 11.2. The smallest absolute Gasteiger partial charge is 0.139 e. The lowest BCUT2D eigenvalue weighted by atomic mass is 9.82. The highest BCUT2D eigenvalue weighted by atomic mass is 32.1. The molecule has 0 radical (unpaired) electrons. The minimum absolute atomic E-state index is 0.0201. The predicted molar refractivity (Wildman–Crippen MR) is 146 cm³/mol. The number of thiophene rings is 1. The zero-order valence-corrected chi connectivity index (χ0v) is 21.0. The van der Waals surface area contributed by atoms with Gasteiger partial charge in [0.05, 0.1) is 11.1 Å². The van der Waals surface area contributed by atoms with E-state index in [1.807, 2.05) is 12.3 Å². The van der Waals surface area contributed by atoms with Gasteiger partial charge in [0.15, 0.2) is 0 Å². The molecule has 0 unspecified atom stereocenters. The van der Waals surface area contributed by atoms with Gasteiger partial charge in [-0.1, -0.05) is 57.2 Å². The molecule has 0 aliphatic heterocycles. The van der Waals surface area contributed by atoms with Gasteiger partial charge in [-0.25, -0.2) is 0 Å². The molecule has 34 heavy (non-hydrogen) atoms. The van der Waals surface area contributed by atoms with Gasteiger partial charge in [0.2, 0.25) is 0 Å². The molecule has 6 rings (SSSR count). The van der Waals surface area contributed by atoms with E-state index in [-0.39, 0.29) is 5.41 Å². The van der Waals surface area contributed by atoms with E-state index in [0.29, 0.717) is 0 Å². The molecule has 0 saturated carbocycles. The van der Waals surface area contributed by atoms with Crippen LogP contribution in [-0.4, -0.2) is 4.98 Å². The van der Waals surface area contributed by atoms with Crippen molar-refractivity contribution in [2.75, 3.05) is 0 Å². The first-order valence-electron chi connectivity index (χ1n) is 11.7. The summed E-state index contributed by atoms with van der Waals surface area (Å²) < 4.78 is 7.82. The first-order valence-corrected chi connectivity index (χ1v) is 12.6. The molecule has 6 aromatic rings. The van der Waals surface area contributed by atoms with Gasteiger partial charge in [-0.05, 0) is 70.8 Å². The number of nitrogens with zero attached hydrogens (tertiary/aromatic N) is 1. The molecule has 0 spiro atoms. The van der Waals surface area contributed by atoms with Crippen molar-refractivity contribution in [3.05, 3.63) is 88.9 Å². The molecule has 3 heterocycles. The Morgan fingerprint density at radius 3 is 2.53 bits per heavy atom. The molecule has 0 atom stereocenters. The lowest BCUT2D eigenvalue weighted by Gasteiger charge is -2.22. The number of rotatable bonds is 2. The molecule has 3 aromatic heterocycles. The summed E-state index contributed by atoms with van der Waals surface area (Å²) in [4.78, 5) is 4.89. The summed E-state index contributed by atoms with van der Waals surface area (Å²) in [6.07, 6.45) is 1.87. The van der Waals surface area contributed by atoms with E-state index in [1.165, 1.54) is 32.0 Å². The Morgan fingerprint density at radius 1 is 0.882 bits per heavy atom. The van der Waals surface area contributed by atoms with E-state index in [0.717, 1.165) is 39.1 Å². The number of aromatic nitrogens is 1. The molecule has 0 amide bonds. The third-order valence-electron chi connectivity index (χ3n) is 6.81. The van der Waals surface area contributed by atoms with E-state index >= 15 is 0 Å². The normalized spacial score (nSPS) is 12.3. The summed E-state index contributed by atoms with van der Waals surface area (Å²) >= 11 is 1.79. The molecule has 0 fully saturated rings. The Bertz CT molecular complexity index is 1710. The van der Waals surface area contributed by atoms with Gasteiger partial charge in [-0.3, -0.25) is 4.98 Å². The standard InChI is InChI=1S/C31H27NOS/c1-18-17-34-26-12-8-11-23(27(18)26)30-19(2)28-25(33-30)13-14-32-29(28)21-15-20-9-6-7-10-22(20)24(16-21)31(3,4)5/h6-17H,1-5H3. The Morgan fingerprint density at radius 2 is 1.71 bits per heavy atom. The van der Waals surface area contributed by atoms with Crippen LogP contribution < -0.4 is 0 Å². The van der Waals surface area contributed by atoms with Gasteiger partial charge in [-0.15, -0.1) is 11.3 Å². The van der Waals surface area contributed by atoms with Crippen molar-refractivity contribution < 1.29 is 4.42 Å². The lowest BCUT2D eigenvalue weighted by Crippen LogP contribution is -2.12.